The van der Waals surface area contributed by atoms with Crippen LogP contribution in [-0.4, -0.2) is 34.6 Å². The summed E-state index contributed by atoms with van der Waals surface area (Å²) in [5.41, 5.74) is 0.0713. The Kier molecular flexibility index (Phi) is 2.52. The number of rotatable bonds is 2. The fourth-order valence-electron chi connectivity index (χ4n) is 2.44. The Hall–Kier alpha value is -0.870. The fourth-order valence-corrected chi connectivity index (χ4v) is 2.90. The Balaban J connectivity index is 1.71. The van der Waals surface area contributed by atoms with Crippen LogP contribution in [-0.2, 0) is 0 Å². The molecule has 17 heavy (non-hydrogen) atoms. The summed E-state index contributed by atoms with van der Waals surface area (Å²) in [6.45, 7) is 0.968. The van der Waals surface area contributed by atoms with Gasteiger partial charge in [-0.05, 0) is 46.8 Å². The number of halogens is 1. The van der Waals surface area contributed by atoms with Gasteiger partial charge in [0, 0.05) is 4.47 Å². The molecule has 1 amide bonds. The highest BCUT2D eigenvalue weighted by molar-refractivity contribution is 9.10. The summed E-state index contributed by atoms with van der Waals surface area (Å²) in [4.78, 5) is 13.9. The third-order valence-electron chi connectivity index (χ3n) is 3.66. The van der Waals surface area contributed by atoms with Gasteiger partial charge in [-0.3, -0.25) is 4.79 Å². The molecule has 0 spiro atoms. The number of nitrogens with zero attached hydrogens (tertiary/aromatic N) is 1. The summed E-state index contributed by atoms with van der Waals surface area (Å²) in [6.07, 6.45) is 2.21. The molecule has 2 aliphatic rings. The van der Waals surface area contributed by atoms with Crippen LogP contribution in [0.1, 0.15) is 23.2 Å². The van der Waals surface area contributed by atoms with Crippen molar-refractivity contribution in [2.45, 2.75) is 18.4 Å². The number of aliphatic hydroxyl groups is 1. The SMILES string of the molecule is O=C(c1ccccc1Br)N1CC(O)(C2CC2)C1. The number of hydrogen-bond acceptors (Lipinski definition) is 2. The van der Waals surface area contributed by atoms with E-state index in [1.165, 1.54) is 0 Å². The topological polar surface area (TPSA) is 40.5 Å². The van der Waals surface area contributed by atoms with E-state index >= 15 is 0 Å². The van der Waals surface area contributed by atoms with Gasteiger partial charge in [0.1, 0.15) is 5.60 Å². The summed E-state index contributed by atoms with van der Waals surface area (Å²) >= 11 is 3.38. The highest BCUT2D eigenvalue weighted by atomic mass is 79.9. The summed E-state index contributed by atoms with van der Waals surface area (Å²) in [5, 5.41) is 10.2. The van der Waals surface area contributed by atoms with Gasteiger partial charge in [0.25, 0.3) is 5.91 Å². The zero-order chi connectivity index (χ0) is 12.0. The molecule has 1 saturated heterocycles. The second-order valence-electron chi connectivity index (χ2n) is 5.02. The van der Waals surface area contributed by atoms with Crippen LogP contribution < -0.4 is 0 Å². The maximum Gasteiger partial charge on any atom is 0.255 e. The largest absolute Gasteiger partial charge is 0.386 e. The molecule has 0 aromatic heterocycles. The Morgan fingerprint density at radius 2 is 2.00 bits per heavy atom. The molecule has 1 N–H and O–H groups in total. The lowest BCUT2D eigenvalue weighted by molar-refractivity contribution is -0.0958. The van der Waals surface area contributed by atoms with Gasteiger partial charge in [-0.15, -0.1) is 0 Å². The van der Waals surface area contributed by atoms with Crippen LogP contribution in [0.25, 0.3) is 0 Å². The third kappa shape index (κ3) is 1.89. The monoisotopic (exact) mass is 295 g/mol. The van der Waals surface area contributed by atoms with Crippen LogP contribution >= 0.6 is 15.9 Å². The lowest BCUT2D eigenvalue weighted by Crippen LogP contribution is -2.64. The molecule has 1 aliphatic carbocycles. The van der Waals surface area contributed by atoms with E-state index in [0.29, 0.717) is 24.6 Å². The summed E-state index contributed by atoms with van der Waals surface area (Å²) < 4.78 is 0.812. The molecule has 3 rings (SSSR count). The first-order valence-corrected chi connectivity index (χ1v) is 6.66. The number of β-amino-alcohol motifs (C(OH)–C–C–N with tert-alkyl or cyclic N) is 1. The zero-order valence-corrected chi connectivity index (χ0v) is 11.0. The van der Waals surface area contributed by atoms with E-state index in [1.54, 1.807) is 11.0 Å². The first kappa shape index (κ1) is 11.2. The standard InChI is InChI=1S/C13H14BrNO2/c14-11-4-2-1-3-10(11)12(16)15-7-13(17,8-15)9-5-6-9/h1-4,9,17H,5-8H2. The fraction of sp³-hybridized carbons (Fsp3) is 0.462. The number of hydrogen-bond donors (Lipinski definition) is 1. The lowest BCUT2D eigenvalue weighted by atomic mass is 9.88. The van der Waals surface area contributed by atoms with Crippen molar-refractivity contribution >= 4 is 21.8 Å². The third-order valence-corrected chi connectivity index (χ3v) is 4.35. The minimum atomic E-state index is -0.600. The quantitative estimate of drug-likeness (QED) is 0.907. The molecule has 1 heterocycles. The Morgan fingerprint density at radius 3 is 2.59 bits per heavy atom. The van der Waals surface area contributed by atoms with Gasteiger partial charge in [0.2, 0.25) is 0 Å². The predicted molar refractivity (Wildman–Crippen MR) is 67.7 cm³/mol. The van der Waals surface area contributed by atoms with Crippen molar-refractivity contribution in [1.82, 2.24) is 4.90 Å². The van der Waals surface area contributed by atoms with Crippen molar-refractivity contribution in [3.8, 4) is 0 Å². The molecule has 1 aromatic carbocycles. The van der Waals surface area contributed by atoms with Crippen LogP contribution in [0.3, 0.4) is 0 Å². The first-order chi connectivity index (χ1) is 8.10. The molecule has 1 aromatic rings. The van der Waals surface area contributed by atoms with Crippen LogP contribution in [0, 0.1) is 5.92 Å². The van der Waals surface area contributed by atoms with Crippen LogP contribution in [0.4, 0.5) is 0 Å². The van der Waals surface area contributed by atoms with Gasteiger partial charge in [0.05, 0.1) is 18.7 Å². The van der Waals surface area contributed by atoms with Gasteiger partial charge in [-0.25, -0.2) is 0 Å². The van der Waals surface area contributed by atoms with E-state index in [4.69, 9.17) is 0 Å². The molecule has 3 nitrogen and oxygen atoms in total. The van der Waals surface area contributed by atoms with Crippen molar-refractivity contribution in [3.63, 3.8) is 0 Å². The van der Waals surface area contributed by atoms with E-state index < -0.39 is 5.60 Å². The van der Waals surface area contributed by atoms with Gasteiger partial charge >= 0.3 is 0 Å². The summed E-state index contributed by atoms with van der Waals surface area (Å²) in [5.74, 6) is 0.425. The molecule has 1 saturated carbocycles. The minimum absolute atomic E-state index is 0.00259. The molecule has 0 radical (unpaired) electrons. The first-order valence-electron chi connectivity index (χ1n) is 5.86. The van der Waals surface area contributed by atoms with E-state index in [-0.39, 0.29) is 5.91 Å². The zero-order valence-electron chi connectivity index (χ0n) is 9.40. The molecule has 0 unspecified atom stereocenters. The molecule has 2 fully saturated rings. The lowest BCUT2D eigenvalue weighted by Gasteiger charge is -2.47. The number of likely N-dealkylation sites (tertiary alicyclic amines) is 1. The van der Waals surface area contributed by atoms with E-state index in [0.717, 1.165) is 17.3 Å². The highest BCUT2D eigenvalue weighted by Gasteiger charge is 2.53. The molecule has 0 bridgehead atoms. The maximum atomic E-state index is 12.2. The molecular formula is C13H14BrNO2. The number of benzene rings is 1. The number of carbonyl (C=O) groups is 1. The molecule has 90 valence electrons. The normalized spacial score (nSPS) is 22.1. The van der Waals surface area contributed by atoms with Crippen molar-refractivity contribution in [3.05, 3.63) is 34.3 Å². The van der Waals surface area contributed by atoms with Gasteiger partial charge in [0.15, 0.2) is 0 Å². The van der Waals surface area contributed by atoms with Gasteiger partial charge < -0.3 is 10.0 Å². The van der Waals surface area contributed by atoms with Gasteiger partial charge in [-0.1, -0.05) is 12.1 Å². The Morgan fingerprint density at radius 1 is 1.35 bits per heavy atom. The molecular weight excluding hydrogens is 282 g/mol. The number of carbonyl (C=O) groups excluding carboxylic acids is 1. The second kappa shape index (κ2) is 3.82. The van der Waals surface area contributed by atoms with Crippen molar-refractivity contribution in [2.24, 2.45) is 5.92 Å². The Labute approximate surface area is 109 Å². The summed E-state index contributed by atoms with van der Waals surface area (Å²) in [7, 11) is 0. The van der Waals surface area contributed by atoms with Crippen LogP contribution in [0.5, 0.6) is 0 Å². The average molecular weight is 296 g/mol. The summed E-state index contributed by atoms with van der Waals surface area (Å²) in [6, 6.07) is 7.41. The highest BCUT2D eigenvalue weighted by Crippen LogP contribution is 2.44. The average Bonchev–Trinajstić information content (AvgIpc) is 3.08. The molecule has 0 atom stereocenters. The maximum absolute atomic E-state index is 12.2. The minimum Gasteiger partial charge on any atom is -0.386 e. The molecule has 1 aliphatic heterocycles. The van der Waals surface area contributed by atoms with Crippen molar-refractivity contribution in [1.29, 1.82) is 0 Å². The predicted octanol–water partition coefficient (Wildman–Crippen LogP) is 2.05. The van der Waals surface area contributed by atoms with E-state index in [1.807, 2.05) is 18.2 Å². The van der Waals surface area contributed by atoms with Crippen LogP contribution in [0.2, 0.25) is 0 Å². The van der Waals surface area contributed by atoms with Crippen molar-refractivity contribution < 1.29 is 9.90 Å². The molecule has 4 heteroatoms. The van der Waals surface area contributed by atoms with E-state index in [9.17, 15) is 9.90 Å². The Bertz CT molecular complexity index is 464. The van der Waals surface area contributed by atoms with Gasteiger partial charge in [-0.2, -0.15) is 0 Å². The smallest absolute Gasteiger partial charge is 0.255 e. The second-order valence-corrected chi connectivity index (χ2v) is 5.87. The van der Waals surface area contributed by atoms with Crippen LogP contribution in [0.15, 0.2) is 28.7 Å². The number of amides is 1. The van der Waals surface area contributed by atoms with Crippen molar-refractivity contribution in [2.75, 3.05) is 13.1 Å². The van der Waals surface area contributed by atoms with E-state index in [2.05, 4.69) is 15.9 Å².